The van der Waals surface area contributed by atoms with Gasteiger partial charge in [0, 0.05) is 12.8 Å². The standard InChI is InChI=1S/C49H78O2/c1-7-8-9-10-11-12-13-14-15-16-17-18-19-20-21-22-23-24-25-29-47(50)51-42-34-36-48(5)41(38-42)30-31-43-45-33-32-44(40(4)28-26-27-39(2)3)49(45,6)37-35-46(43)48/h8-9,11-12,14-15,17-18,20-21,30,39-40,42-46H,7,10,13,16,19,22-29,31-38H2,1-6H3/b9-8-,12-11-,15-14-,18-17-,21-20-. The fraction of sp³-hybridized carbons (Fsp3) is 0.735. The zero-order chi connectivity index (χ0) is 36.5. The number of fused-ring (bicyclic) bond motifs is 5. The molecule has 51 heavy (non-hydrogen) atoms. The lowest BCUT2D eigenvalue weighted by Gasteiger charge is -2.58. The lowest BCUT2D eigenvalue weighted by molar-refractivity contribution is -0.151. The van der Waals surface area contributed by atoms with Crippen LogP contribution in [0.25, 0.3) is 0 Å². The van der Waals surface area contributed by atoms with Gasteiger partial charge in [0.15, 0.2) is 0 Å². The molecule has 0 aromatic carbocycles. The second-order valence-corrected chi connectivity index (χ2v) is 18.0. The number of hydrogen-bond donors (Lipinski definition) is 0. The summed E-state index contributed by atoms with van der Waals surface area (Å²) in [5.74, 6) is 5.24. The topological polar surface area (TPSA) is 26.3 Å². The fourth-order valence-corrected chi connectivity index (χ4v) is 11.1. The Kier molecular flexibility index (Phi) is 17.6. The van der Waals surface area contributed by atoms with E-state index in [0.29, 0.717) is 17.3 Å². The normalized spacial score (nSPS) is 31.6. The van der Waals surface area contributed by atoms with Crippen molar-refractivity contribution < 1.29 is 9.53 Å². The maximum Gasteiger partial charge on any atom is 0.306 e. The Balaban J connectivity index is 1.09. The van der Waals surface area contributed by atoms with Crippen LogP contribution < -0.4 is 0 Å². The molecule has 0 N–H and O–H groups in total. The first-order chi connectivity index (χ1) is 24.7. The van der Waals surface area contributed by atoms with Crippen LogP contribution in [0.5, 0.6) is 0 Å². The van der Waals surface area contributed by atoms with Gasteiger partial charge in [-0.15, -0.1) is 0 Å². The summed E-state index contributed by atoms with van der Waals surface area (Å²) < 4.78 is 6.12. The second-order valence-electron chi connectivity index (χ2n) is 18.0. The molecule has 4 rings (SSSR count). The lowest BCUT2D eigenvalue weighted by Crippen LogP contribution is -2.51. The molecule has 3 fully saturated rings. The second kappa shape index (κ2) is 21.6. The van der Waals surface area contributed by atoms with Gasteiger partial charge in [-0.3, -0.25) is 4.79 Å². The van der Waals surface area contributed by atoms with Crippen molar-refractivity contribution in [2.45, 2.75) is 182 Å². The highest BCUT2D eigenvalue weighted by molar-refractivity contribution is 5.69. The summed E-state index contributed by atoms with van der Waals surface area (Å²) in [7, 11) is 0. The Labute approximate surface area is 315 Å². The van der Waals surface area contributed by atoms with Gasteiger partial charge < -0.3 is 4.74 Å². The van der Waals surface area contributed by atoms with Gasteiger partial charge in [-0.05, 0) is 143 Å². The van der Waals surface area contributed by atoms with Gasteiger partial charge in [0.25, 0.3) is 0 Å². The summed E-state index contributed by atoms with van der Waals surface area (Å²) in [6.07, 6.45) is 49.7. The molecule has 0 radical (unpaired) electrons. The molecule has 4 aliphatic rings. The van der Waals surface area contributed by atoms with Crippen molar-refractivity contribution in [1.82, 2.24) is 0 Å². The number of allylic oxidation sites excluding steroid dienone is 11. The number of unbranched alkanes of at least 4 members (excludes halogenated alkanes) is 3. The van der Waals surface area contributed by atoms with Gasteiger partial charge >= 0.3 is 5.97 Å². The third-order valence-corrected chi connectivity index (χ3v) is 14.0. The van der Waals surface area contributed by atoms with Crippen LogP contribution in [0.3, 0.4) is 0 Å². The van der Waals surface area contributed by atoms with Crippen molar-refractivity contribution in [2.75, 3.05) is 0 Å². The van der Waals surface area contributed by atoms with E-state index < -0.39 is 0 Å². The molecule has 0 aromatic rings. The number of rotatable bonds is 21. The first kappa shape index (κ1) is 41.7. The first-order valence-corrected chi connectivity index (χ1v) is 21.8. The Hall–Kier alpha value is -2.09. The molecule has 8 unspecified atom stereocenters. The zero-order valence-corrected chi connectivity index (χ0v) is 34.1. The van der Waals surface area contributed by atoms with Crippen LogP contribution in [0.4, 0.5) is 0 Å². The molecule has 0 spiro atoms. The van der Waals surface area contributed by atoms with Gasteiger partial charge in [0.05, 0.1) is 0 Å². The molecule has 2 heteroatoms. The van der Waals surface area contributed by atoms with Crippen LogP contribution in [-0.4, -0.2) is 12.1 Å². The van der Waals surface area contributed by atoms with E-state index in [-0.39, 0.29) is 12.1 Å². The summed E-state index contributed by atoms with van der Waals surface area (Å²) in [6.45, 7) is 14.8. The van der Waals surface area contributed by atoms with Gasteiger partial charge in [-0.2, -0.15) is 0 Å². The monoisotopic (exact) mass is 699 g/mol. The van der Waals surface area contributed by atoms with Crippen molar-refractivity contribution in [2.24, 2.45) is 46.3 Å². The molecule has 0 bridgehead atoms. The highest BCUT2D eigenvalue weighted by Gasteiger charge is 2.59. The summed E-state index contributed by atoms with van der Waals surface area (Å²) in [6, 6.07) is 0. The van der Waals surface area contributed by atoms with E-state index in [1.165, 1.54) is 57.8 Å². The molecule has 286 valence electrons. The summed E-state index contributed by atoms with van der Waals surface area (Å²) in [5, 5.41) is 0. The van der Waals surface area contributed by atoms with Gasteiger partial charge in [0.2, 0.25) is 0 Å². The highest BCUT2D eigenvalue weighted by Crippen LogP contribution is 2.67. The lowest BCUT2D eigenvalue weighted by atomic mass is 9.47. The zero-order valence-electron chi connectivity index (χ0n) is 34.1. The molecule has 0 heterocycles. The summed E-state index contributed by atoms with van der Waals surface area (Å²) in [4.78, 5) is 12.8. The molecular weight excluding hydrogens is 621 g/mol. The van der Waals surface area contributed by atoms with E-state index in [4.69, 9.17) is 4.74 Å². The fourth-order valence-electron chi connectivity index (χ4n) is 11.1. The number of esters is 1. The van der Waals surface area contributed by atoms with Crippen LogP contribution in [0.1, 0.15) is 176 Å². The molecule has 4 aliphatic carbocycles. The smallest absolute Gasteiger partial charge is 0.306 e. The van der Waals surface area contributed by atoms with E-state index in [1.54, 1.807) is 5.57 Å². The highest BCUT2D eigenvalue weighted by atomic mass is 16.5. The number of carbonyl (C=O) groups is 1. The van der Waals surface area contributed by atoms with Crippen LogP contribution >= 0.6 is 0 Å². The average molecular weight is 699 g/mol. The quantitative estimate of drug-likeness (QED) is 0.0677. The number of carbonyl (C=O) groups excluding carboxylic acids is 1. The predicted octanol–water partition coefficient (Wildman–Crippen LogP) is 14.6. The van der Waals surface area contributed by atoms with E-state index >= 15 is 0 Å². The number of hydrogen-bond acceptors (Lipinski definition) is 2. The third-order valence-electron chi connectivity index (χ3n) is 14.0. The van der Waals surface area contributed by atoms with Crippen LogP contribution in [0.2, 0.25) is 0 Å². The Morgan fingerprint density at radius 3 is 2.10 bits per heavy atom. The molecule has 0 aromatic heterocycles. The van der Waals surface area contributed by atoms with E-state index in [1.807, 2.05) is 0 Å². The Morgan fingerprint density at radius 1 is 0.765 bits per heavy atom. The maximum atomic E-state index is 12.8. The van der Waals surface area contributed by atoms with Crippen molar-refractivity contribution >= 4 is 5.97 Å². The Bertz CT molecular complexity index is 1210. The van der Waals surface area contributed by atoms with E-state index in [2.05, 4.69) is 108 Å². The van der Waals surface area contributed by atoms with Crippen LogP contribution in [-0.2, 0) is 9.53 Å². The molecule has 0 aliphatic heterocycles. The van der Waals surface area contributed by atoms with Crippen molar-refractivity contribution in [1.29, 1.82) is 0 Å². The summed E-state index contributed by atoms with van der Waals surface area (Å²) in [5.41, 5.74) is 2.49. The summed E-state index contributed by atoms with van der Waals surface area (Å²) >= 11 is 0. The van der Waals surface area contributed by atoms with Crippen molar-refractivity contribution in [3.05, 3.63) is 72.4 Å². The Morgan fingerprint density at radius 2 is 1.43 bits per heavy atom. The molecule has 8 atom stereocenters. The van der Waals surface area contributed by atoms with Crippen LogP contribution in [0, 0.1) is 46.3 Å². The average Bonchev–Trinajstić information content (AvgIpc) is 3.46. The maximum absolute atomic E-state index is 12.8. The van der Waals surface area contributed by atoms with Crippen molar-refractivity contribution in [3.63, 3.8) is 0 Å². The van der Waals surface area contributed by atoms with Gasteiger partial charge in [-0.25, -0.2) is 0 Å². The van der Waals surface area contributed by atoms with Crippen LogP contribution in [0.15, 0.2) is 72.4 Å². The minimum atomic E-state index is 0.0284. The van der Waals surface area contributed by atoms with E-state index in [0.717, 1.165) is 106 Å². The van der Waals surface area contributed by atoms with Crippen molar-refractivity contribution in [3.8, 4) is 0 Å². The largest absolute Gasteiger partial charge is 0.462 e. The molecular formula is C49H78O2. The minimum absolute atomic E-state index is 0.0284. The van der Waals surface area contributed by atoms with Gasteiger partial charge in [-0.1, -0.05) is 140 Å². The molecule has 0 amide bonds. The predicted molar refractivity (Wildman–Crippen MR) is 220 cm³/mol. The third kappa shape index (κ3) is 12.2. The molecule has 0 saturated heterocycles. The molecule has 2 nitrogen and oxygen atoms in total. The first-order valence-electron chi connectivity index (χ1n) is 21.8. The minimum Gasteiger partial charge on any atom is -0.462 e. The van der Waals surface area contributed by atoms with E-state index in [9.17, 15) is 4.79 Å². The molecule has 3 saturated carbocycles. The number of ether oxygens (including phenoxy) is 1. The van der Waals surface area contributed by atoms with Gasteiger partial charge in [0.1, 0.15) is 6.10 Å². The SMILES string of the molecule is CC/C=C\C/C=C\C/C=C\C/C=C\C/C=C\CCCCCC(=O)OC1CCC2(C)C(=CCC3C2CCC2(C)C(C(C)CCCC(C)C)CCC32)C1.